The van der Waals surface area contributed by atoms with Crippen LogP contribution in [0.5, 0.6) is 0 Å². The van der Waals surface area contributed by atoms with Gasteiger partial charge >= 0.3 is 0 Å². The molecule has 1 aromatic carbocycles. The molecule has 0 spiro atoms. The van der Waals surface area contributed by atoms with E-state index in [1.807, 2.05) is 12.1 Å². The van der Waals surface area contributed by atoms with Gasteiger partial charge < -0.3 is 9.32 Å². The second-order valence-electron chi connectivity index (χ2n) is 5.31. The van der Waals surface area contributed by atoms with Gasteiger partial charge in [-0.15, -0.1) is 10.2 Å². The lowest BCUT2D eigenvalue weighted by molar-refractivity contribution is 0.253. The maximum Gasteiger partial charge on any atom is 0.230 e. The Morgan fingerprint density at radius 3 is 2.62 bits per heavy atom. The van der Waals surface area contributed by atoms with E-state index in [0.717, 1.165) is 38.3 Å². The minimum absolute atomic E-state index is 0.193. The molecule has 1 aliphatic rings. The maximum absolute atomic E-state index is 13.0. The first kappa shape index (κ1) is 14.0. The van der Waals surface area contributed by atoms with E-state index in [1.54, 1.807) is 6.92 Å². The van der Waals surface area contributed by atoms with Crippen LogP contribution < -0.4 is 4.90 Å². The van der Waals surface area contributed by atoms with Crippen molar-refractivity contribution in [3.63, 3.8) is 0 Å². The molecule has 6 heteroatoms. The Morgan fingerprint density at radius 2 is 1.90 bits per heavy atom. The average molecular weight is 290 g/mol. The van der Waals surface area contributed by atoms with Crippen LogP contribution in [0.4, 0.5) is 10.1 Å². The number of aromatic nitrogens is 2. The lowest BCUT2D eigenvalue weighted by atomic mass is 10.2. The van der Waals surface area contributed by atoms with Crippen LogP contribution in [0.1, 0.15) is 18.2 Å². The van der Waals surface area contributed by atoms with Gasteiger partial charge in [0.1, 0.15) is 5.82 Å². The number of halogens is 1. The van der Waals surface area contributed by atoms with Crippen molar-refractivity contribution in [3.8, 4) is 0 Å². The largest absolute Gasteiger partial charge is 0.424 e. The van der Waals surface area contributed by atoms with Crippen molar-refractivity contribution in [2.45, 2.75) is 19.9 Å². The van der Waals surface area contributed by atoms with Gasteiger partial charge in [-0.25, -0.2) is 4.39 Å². The summed E-state index contributed by atoms with van der Waals surface area (Å²) in [5.74, 6) is 1.08. The number of benzene rings is 1. The van der Waals surface area contributed by atoms with Crippen molar-refractivity contribution in [1.82, 2.24) is 15.1 Å². The number of rotatable bonds is 3. The molecule has 21 heavy (non-hydrogen) atoms. The molecule has 1 aliphatic heterocycles. The molecule has 0 aliphatic carbocycles. The summed E-state index contributed by atoms with van der Waals surface area (Å²) in [5.41, 5.74) is 1.08. The van der Waals surface area contributed by atoms with E-state index in [4.69, 9.17) is 4.42 Å². The smallest absolute Gasteiger partial charge is 0.230 e. The Balaban J connectivity index is 1.60. The summed E-state index contributed by atoms with van der Waals surface area (Å²) >= 11 is 0. The van der Waals surface area contributed by atoms with E-state index in [9.17, 15) is 4.39 Å². The summed E-state index contributed by atoms with van der Waals surface area (Å²) in [6, 6.07) is 6.71. The molecular weight excluding hydrogens is 271 g/mol. The van der Waals surface area contributed by atoms with E-state index in [1.165, 1.54) is 12.1 Å². The Kier molecular flexibility index (Phi) is 4.15. The van der Waals surface area contributed by atoms with Gasteiger partial charge in [-0.3, -0.25) is 4.90 Å². The summed E-state index contributed by atoms with van der Waals surface area (Å²) < 4.78 is 18.4. The third kappa shape index (κ3) is 3.58. The highest BCUT2D eigenvalue weighted by Gasteiger charge is 2.17. The highest BCUT2D eigenvalue weighted by molar-refractivity contribution is 5.46. The number of anilines is 1. The molecule has 3 rings (SSSR count). The lowest BCUT2D eigenvalue weighted by Crippen LogP contribution is -2.30. The molecule has 5 nitrogen and oxygen atoms in total. The first-order chi connectivity index (χ1) is 10.2. The van der Waals surface area contributed by atoms with Crippen LogP contribution in [0.3, 0.4) is 0 Å². The fourth-order valence-corrected chi connectivity index (χ4v) is 2.63. The molecule has 0 radical (unpaired) electrons. The molecule has 2 heterocycles. The Bertz CT molecular complexity index is 584. The van der Waals surface area contributed by atoms with Gasteiger partial charge in [0.2, 0.25) is 11.8 Å². The van der Waals surface area contributed by atoms with Gasteiger partial charge in [-0.1, -0.05) is 0 Å². The minimum atomic E-state index is -0.193. The van der Waals surface area contributed by atoms with Gasteiger partial charge in [-0.05, 0) is 30.7 Å². The van der Waals surface area contributed by atoms with Gasteiger partial charge in [0.15, 0.2) is 0 Å². The van der Waals surface area contributed by atoms with Gasteiger partial charge in [0.25, 0.3) is 0 Å². The summed E-state index contributed by atoms with van der Waals surface area (Å²) in [7, 11) is 0. The zero-order valence-electron chi connectivity index (χ0n) is 12.1. The van der Waals surface area contributed by atoms with Crippen molar-refractivity contribution in [2.75, 3.05) is 31.1 Å². The topological polar surface area (TPSA) is 45.4 Å². The first-order valence-electron chi connectivity index (χ1n) is 7.22. The average Bonchev–Trinajstić information content (AvgIpc) is 2.74. The van der Waals surface area contributed by atoms with E-state index >= 15 is 0 Å². The number of nitrogens with zero attached hydrogens (tertiary/aromatic N) is 4. The molecule has 112 valence electrons. The summed E-state index contributed by atoms with van der Waals surface area (Å²) in [5, 5.41) is 7.90. The molecule has 0 amide bonds. The molecule has 1 fully saturated rings. The van der Waals surface area contributed by atoms with Crippen LogP contribution in [0.2, 0.25) is 0 Å². The molecule has 0 saturated carbocycles. The van der Waals surface area contributed by atoms with Gasteiger partial charge in [0, 0.05) is 38.8 Å². The van der Waals surface area contributed by atoms with Crippen molar-refractivity contribution >= 4 is 5.69 Å². The SMILES string of the molecule is Cc1nnc(CN2CCCN(c3ccc(F)cc3)CC2)o1. The predicted octanol–water partition coefficient (Wildman–Crippen LogP) is 2.23. The lowest BCUT2D eigenvalue weighted by Gasteiger charge is -2.23. The number of aryl methyl sites for hydroxylation is 1. The number of hydrogen-bond acceptors (Lipinski definition) is 5. The van der Waals surface area contributed by atoms with Crippen molar-refractivity contribution in [3.05, 3.63) is 41.9 Å². The second-order valence-corrected chi connectivity index (χ2v) is 5.31. The van der Waals surface area contributed by atoms with Crippen LogP contribution in [0.15, 0.2) is 28.7 Å². The van der Waals surface area contributed by atoms with Crippen LogP contribution in [0.25, 0.3) is 0 Å². The summed E-state index contributed by atoms with van der Waals surface area (Å²) in [6.07, 6.45) is 1.06. The molecule has 0 N–H and O–H groups in total. The van der Waals surface area contributed by atoms with E-state index in [0.29, 0.717) is 18.3 Å². The molecule has 0 atom stereocenters. The Hall–Kier alpha value is -1.95. The monoisotopic (exact) mass is 290 g/mol. The quantitative estimate of drug-likeness (QED) is 0.867. The predicted molar refractivity (Wildman–Crippen MR) is 77.5 cm³/mol. The van der Waals surface area contributed by atoms with Crippen LogP contribution >= 0.6 is 0 Å². The number of hydrogen-bond donors (Lipinski definition) is 0. The zero-order valence-corrected chi connectivity index (χ0v) is 12.1. The highest BCUT2D eigenvalue weighted by atomic mass is 19.1. The summed E-state index contributed by atoms with van der Waals surface area (Å²) in [6.45, 7) is 6.31. The van der Waals surface area contributed by atoms with Gasteiger partial charge in [-0.2, -0.15) is 0 Å². The van der Waals surface area contributed by atoms with Crippen molar-refractivity contribution in [1.29, 1.82) is 0 Å². The molecule has 0 bridgehead atoms. The van der Waals surface area contributed by atoms with E-state index in [-0.39, 0.29) is 5.82 Å². The first-order valence-corrected chi connectivity index (χ1v) is 7.22. The Morgan fingerprint density at radius 1 is 1.10 bits per heavy atom. The van der Waals surface area contributed by atoms with Gasteiger partial charge in [0.05, 0.1) is 6.54 Å². The second kappa shape index (κ2) is 6.22. The van der Waals surface area contributed by atoms with Crippen molar-refractivity contribution in [2.24, 2.45) is 0 Å². The molecule has 1 saturated heterocycles. The maximum atomic E-state index is 13.0. The standard InChI is InChI=1S/C15H19FN4O/c1-12-17-18-15(21-12)11-19-7-2-8-20(10-9-19)14-5-3-13(16)4-6-14/h3-6H,2,7-11H2,1H3. The van der Waals surface area contributed by atoms with E-state index in [2.05, 4.69) is 20.0 Å². The fraction of sp³-hybridized carbons (Fsp3) is 0.467. The van der Waals surface area contributed by atoms with Crippen LogP contribution in [-0.4, -0.2) is 41.3 Å². The zero-order chi connectivity index (χ0) is 14.7. The van der Waals surface area contributed by atoms with Crippen molar-refractivity contribution < 1.29 is 8.81 Å². The molecular formula is C15H19FN4O. The molecule has 1 aromatic heterocycles. The third-order valence-corrected chi connectivity index (χ3v) is 3.71. The third-order valence-electron chi connectivity index (χ3n) is 3.71. The normalized spacial score (nSPS) is 17.0. The van der Waals surface area contributed by atoms with E-state index < -0.39 is 0 Å². The summed E-state index contributed by atoms with van der Waals surface area (Å²) in [4.78, 5) is 4.61. The van der Waals surface area contributed by atoms with Crippen LogP contribution in [0, 0.1) is 12.7 Å². The molecule has 2 aromatic rings. The fourth-order valence-electron chi connectivity index (χ4n) is 2.63. The minimum Gasteiger partial charge on any atom is -0.424 e. The van der Waals surface area contributed by atoms with Crippen LogP contribution in [-0.2, 0) is 6.54 Å². The highest BCUT2D eigenvalue weighted by Crippen LogP contribution is 2.17. The molecule has 0 unspecified atom stereocenters. The Labute approximate surface area is 123 Å².